The smallest absolute Gasteiger partial charge is 0.141 e. The van der Waals surface area contributed by atoms with Gasteiger partial charge in [0.05, 0.1) is 11.2 Å². The van der Waals surface area contributed by atoms with Crippen molar-refractivity contribution in [3.8, 4) is 18.1 Å². The van der Waals surface area contributed by atoms with E-state index in [1.165, 1.54) is 6.33 Å². The maximum atomic E-state index is 9.61. The van der Waals surface area contributed by atoms with Crippen LogP contribution in [0.15, 0.2) is 48.8 Å². The highest BCUT2D eigenvalue weighted by molar-refractivity contribution is 5.91. The van der Waals surface area contributed by atoms with Crippen molar-refractivity contribution >= 4 is 22.4 Å². The van der Waals surface area contributed by atoms with Gasteiger partial charge in [-0.05, 0) is 30.3 Å². The number of anilines is 2. The first-order chi connectivity index (χ1) is 9.78. The lowest BCUT2D eigenvalue weighted by Crippen LogP contribution is -1.97. The van der Waals surface area contributed by atoms with Crippen molar-refractivity contribution in [3.63, 3.8) is 0 Å². The molecule has 0 bridgehead atoms. The molecule has 0 aliphatic rings. The summed E-state index contributed by atoms with van der Waals surface area (Å²) in [4.78, 5) is 8.38. The van der Waals surface area contributed by atoms with Crippen molar-refractivity contribution in [1.29, 1.82) is 0 Å². The molecule has 0 fully saturated rings. The van der Waals surface area contributed by atoms with Crippen molar-refractivity contribution in [3.05, 3.63) is 54.4 Å². The monoisotopic (exact) mass is 261 g/mol. The van der Waals surface area contributed by atoms with Crippen LogP contribution in [0.3, 0.4) is 0 Å². The van der Waals surface area contributed by atoms with Crippen molar-refractivity contribution in [2.45, 2.75) is 0 Å². The topological polar surface area (TPSA) is 58.0 Å². The van der Waals surface area contributed by atoms with Crippen LogP contribution in [0.25, 0.3) is 10.9 Å². The zero-order valence-electron chi connectivity index (χ0n) is 10.5. The summed E-state index contributed by atoms with van der Waals surface area (Å²) >= 11 is 0. The summed E-state index contributed by atoms with van der Waals surface area (Å²) in [6.07, 6.45) is 6.95. The van der Waals surface area contributed by atoms with E-state index < -0.39 is 0 Å². The van der Waals surface area contributed by atoms with E-state index in [9.17, 15) is 5.11 Å². The van der Waals surface area contributed by atoms with Crippen molar-refractivity contribution in [1.82, 2.24) is 9.97 Å². The van der Waals surface area contributed by atoms with E-state index >= 15 is 0 Å². The molecule has 0 amide bonds. The van der Waals surface area contributed by atoms with Crippen LogP contribution in [0.1, 0.15) is 5.56 Å². The number of hydrogen-bond donors (Lipinski definition) is 2. The third-order valence-corrected chi connectivity index (χ3v) is 2.95. The highest BCUT2D eigenvalue weighted by Crippen LogP contribution is 2.27. The number of benzene rings is 2. The van der Waals surface area contributed by atoms with E-state index in [2.05, 4.69) is 21.2 Å². The van der Waals surface area contributed by atoms with Gasteiger partial charge in [0, 0.05) is 10.9 Å². The molecule has 0 unspecified atom stereocenters. The van der Waals surface area contributed by atoms with Gasteiger partial charge in [-0.15, -0.1) is 6.42 Å². The van der Waals surface area contributed by atoms with Crippen LogP contribution in [0, 0.1) is 12.3 Å². The number of phenolic OH excluding ortho intramolecular Hbond substituents is 1. The molecule has 3 rings (SSSR count). The van der Waals surface area contributed by atoms with Gasteiger partial charge in [0.1, 0.15) is 17.9 Å². The number of aromatic hydroxyl groups is 1. The van der Waals surface area contributed by atoms with Crippen LogP contribution < -0.4 is 5.32 Å². The van der Waals surface area contributed by atoms with Gasteiger partial charge in [-0.1, -0.05) is 18.1 Å². The second kappa shape index (κ2) is 4.90. The summed E-state index contributed by atoms with van der Waals surface area (Å²) in [6, 6.07) is 12.5. The molecule has 0 atom stereocenters. The van der Waals surface area contributed by atoms with Crippen LogP contribution in [0.2, 0.25) is 0 Å². The molecule has 20 heavy (non-hydrogen) atoms. The molecular weight excluding hydrogens is 250 g/mol. The Morgan fingerprint density at radius 1 is 1.10 bits per heavy atom. The number of para-hydroxylation sites is 1. The highest BCUT2D eigenvalue weighted by Gasteiger charge is 2.06. The number of hydrogen-bond acceptors (Lipinski definition) is 4. The lowest BCUT2D eigenvalue weighted by atomic mass is 10.1. The highest BCUT2D eigenvalue weighted by atomic mass is 16.3. The van der Waals surface area contributed by atoms with Gasteiger partial charge in [-0.2, -0.15) is 0 Å². The van der Waals surface area contributed by atoms with E-state index in [-0.39, 0.29) is 5.75 Å². The van der Waals surface area contributed by atoms with Crippen LogP contribution in [0.4, 0.5) is 11.5 Å². The molecule has 0 saturated heterocycles. The molecule has 3 aromatic rings. The molecule has 4 heteroatoms. The summed E-state index contributed by atoms with van der Waals surface area (Å²) in [5.74, 6) is 3.39. The number of nitrogens with zero attached hydrogens (tertiary/aromatic N) is 2. The number of terminal acetylenes is 1. The second-order valence-corrected chi connectivity index (χ2v) is 4.24. The van der Waals surface area contributed by atoms with Crippen LogP contribution in [-0.4, -0.2) is 15.1 Å². The molecule has 0 radical (unpaired) electrons. The van der Waals surface area contributed by atoms with Gasteiger partial charge in [-0.25, -0.2) is 9.97 Å². The van der Waals surface area contributed by atoms with E-state index in [0.29, 0.717) is 5.82 Å². The fourth-order valence-electron chi connectivity index (χ4n) is 1.99. The van der Waals surface area contributed by atoms with E-state index in [4.69, 9.17) is 6.42 Å². The molecule has 0 saturated carbocycles. The number of rotatable bonds is 2. The lowest BCUT2D eigenvalue weighted by Gasteiger charge is -2.10. The summed E-state index contributed by atoms with van der Waals surface area (Å²) in [5.41, 5.74) is 2.29. The summed E-state index contributed by atoms with van der Waals surface area (Å²) in [5, 5.41) is 13.5. The minimum Gasteiger partial charge on any atom is -0.508 e. The Balaban J connectivity index is 2.11. The van der Waals surface area contributed by atoms with Crippen LogP contribution >= 0.6 is 0 Å². The molecule has 0 aliphatic carbocycles. The predicted octanol–water partition coefficient (Wildman–Crippen LogP) is 3.06. The Bertz CT molecular complexity index is 821. The fraction of sp³-hybridized carbons (Fsp3) is 0. The first kappa shape index (κ1) is 12.0. The maximum absolute atomic E-state index is 9.61. The number of fused-ring (bicyclic) bond motifs is 1. The predicted molar refractivity (Wildman–Crippen MR) is 78.9 cm³/mol. The van der Waals surface area contributed by atoms with Gasteiger partial charge >= 0.3 is 0 Å². The van der Waals surface area contributed by atoms with Gasteiger partial charge in [-0.3, -0.25) is 0 Å². The summed E-state index contributed by atoms with van der Waals surface area (Å²) < 4.78 is 0. The van der Waals surface area contributed by atoms with Crippen LogP contribution in [0.5, 0.6) is 5.75 Å². The Morgan fingerprint density at radius 3 is 2.80 bits per heavy atom. The minimum atomic E-state index is 0.167. The molecule has 0 spiro atoms. The lowest BCUT2D eigenvalue weighted by molar-refractivity contribution is 0.476. The molecule has 1 heterocycles. The average molecular weight is 261 g/mol. The van der Waals surface area contributed by atoms with Gasteiger partial charge in [0.25, 0.3) is 0 Å². The third-order valence-electron chi connectivity index (χ3n) is 2.95. The van der Waals surface area contributed by atoms with Crippen molar-refractivity contribution in [2.24, 2.45) is 0 Å². The average Bonchev–Trinajstić information content (AvgIpc) is 2.48. The second-order valence-electron chi connectivity index (χ2n) is 4.24. The summed E-state index contributed by atoms with van der Waals surface area (Å²) in [7, 11) is 0. The molecule has 0 aliphatic heterocycles. The first-order valence-electron chi connectivity index (χ1n) is 6.04. The Labute approximate surface area is 116 Å². The standard InChI is InChI=1S/C16H11N3O/c1-2-11-5-3-4-6-14(11)19-16-13-9-12(20)7-8-15(13)17-10-18-16/h1,3-10,20H,(H,17,18,19). The Hall–Kier alpha value is -3.06. The summed E-state index contributed by atoms with van der Waals surface area (Å²) in [6.45, 7) is 0. The Morgan fingerprint density at radius 2 is 1.95 bits per heavy atom. The SMILES string of the molecule is C#Cc1ccccc1Nc1ncnc2ccc(O)cc12. The zero-order valence-corrected chi connectivity index (χ0v) is 10.5. The minimum absolute atomic E-state index is 0.167. The molecular formula is C16H11N3O. The largest absolute Gasteiger partial charge is 0.508 e. The normalized spacial score (nSPS) is 10.2. The molecule has 1 aromatic heterocycles. The van der Waals surface area contributed by atoms with Crippen LogP contribution in [-0.2, 0) is 0 Å². The number of aromatic nitrogens is 2. The molecule has 4 nitrogen and oxygen atoms in total. The van der Waals surface area contributed by atoms with E-state index in [1.54, 1.807) is 18.2 Å². The zero-order chi connectivity index (χ0) is 13.9. The fourth-order valence-corrected chi connectivity index (χ4v) is 1.99. The maximum Gasteiger partial charge on any atom is 0.141 e. The Kier molecular flexibility index (Phi) is 2.94. The first-order valence-corrected chi connectivity index (χ1v) is 6.04. The molecule has 96 valence electrons. The number of phenols is 1. The van der Waals surface area contributed by atoms with Gasteiger partial charge in [0.15, 0.2) is 0 Å². The number of nitrogens with one attached hydrogen (secondary N) is 1. The van der Waals surface area contributed by atoms with E-state index in [1.807, 2.05) is 24.3 Å². The molecule has 2 N–H and O–H groups in total. The quantitative estimate of drug-likeness (QED) is 0.696. The molecule has 2 aromatic carbocycles. The third kappa shape index (κ3) is 2.13. The van der Waals surface area contributed by atoms with E-state index in [0.717, 1.165) is 22.2 Å². The van der Waals surface area contributed by atoms with Crippen molar-refractivity contribution < 1.29 is 5.11 Å². The van der Waals surface area contributed by atoms with Gasteiger partial charge in [0.2, 0.25) is 0 Å². The van der Waals surface area contributed by atoms with Crippen molar-refractivity contribution in [2.75, 3.05) is 5.32 Å². The van der Waals surface area contributed by atoms with Gasteiger partial charge < -0.3 is 10.4 Å².